The highest BCUT2D eigenvalue weighted by atomic mass is 16.5. The topological polar surface area (TPSA) is 68.2 Å². The lowest BCUT2D eigenvalue weighted by Gasteiger charge is -2.26. The summed E-state index contributed by atoms with van der Waals surface area (Å²) in [6.45, 7) is 4.16. The van der Waals surface area contributed by atoms with Crippen molar-refractivity contribution in [3.8, 4) is 5.75 Å². The van der Waals surface area contributed by atoms with E-state index in [0.717, 1.165) is 40.2 Å². The van der Waals surface area contributed by atoms with Gasteiger partial charge in [0.2, 0.25) is 0 Å². The van der Waals surface area contributed by atoms with Crippen LogP contribution in [0.2, 0.25) is 0 Å². The number of amides is 1. The molecule has 3 aromatic carbocycles. The summed E-state index contributed by atoms with van der Waals surface area (Å²) in [6.07, 6.45) is 4.74. The molecule has 2 N–H and O–H groups in total. The molecule has 1 aromatic heterocycles. The fourth-order valence-electron chi connectivity index (χ4n) is 4.25. The lowest BCUT2D eigenvalue weighted by atomic mass is 10.00. The van der Waals surface area contributed by atoms with Crippen LogP contribution in [0.1, 0.15) is 45.6 Å². The van der Waals surface area contributed by atoms with E-state index < -0.39 is 0 Å². The fourth-order valence-corrected chi connectivity index (χ4v) is 4.25. The maximum absolute atomic E-state index is 13.3. The molecule has 1 atom stereocenters. The number of benzene rings is 3. The summed E-state index contributed by atoms with van der Waals surface area (Å²) >= 11 is 0. The number of methoxy groups -OCH3 is 1. The van der Waals surface area contributed by atoms with Crippen molar-refractivity contribution in [1.29, 1.82) is 0 Å². The molecule has 0 fully saturated rings. The Balaban J connectivity index is 1.55. The number of carbonyl (C=O) groups excluding carboxylic acids is 1. The summed E-state index contributed by atoms with van der Waals surface area (Å²) in [5, 5.41) is 11.1. The standard InChI is InChI=1S/C29H28N4O2/c1-4-20-10-12-21(13-11-20)26-17-27(22-6-5-7-24(16-22)35-3)33-28(32-26)25(18-30-33)29(34)31-23-14-8-19(2)9-15-23/h5-18,27,32H,4H2,1-3H3,(H,31,34)/t27-/m1/s1. The number of carbonyl (C=O) groups is 1. The number of hydrogen-bond acceptors (Lipinski definition) is 4. The lowest BCUT2D eigenvalue weighted by Crippen LogP contribution is -2.22. The molecule has 0 unspecified atom stereocenters. The molecule has 1 aliphatic heterocycles. The van der Waals surface area contributed by atoms with Gasteiger partial charge in [0.05, 0.1) is 19.3 Å². The van der Waals surface area contributed by atoms with Gasteiger partial charge in [-0.25, -0.2) is 4.68 Å². The summed E-state index contributed by atoms with van der Waals surface area (Å²) < 4.78 is 7.31. The minimum atomic E-state index is -0.213. The lowest BCUT2D eigenvalue weighted by molar-refractivity contribution is 0.102. The number of fused-ring (bicyclic) bond motifs is 1. The Morgan fingerprint density at radius 2 is 1.86 bits per heavy atom. The molecule has 0 aliphatic carbocycles. The molecule has 0 radical (unpaired) electrons. The van der Waals surface area contributed by atoms with Gasteiger partial charge in [-0.3, -0.25) is 4.79 Å². The van der Waals surface area contributed by atoms with Crippen LogP contribution < -0.4 is 15.4 Å². The zero-order chi connectivity index (χ0) is 24.4. The molecule has 176 valence electrons. The van der Waals surface area contributed by atoms with Crippen molar-refractivity contribution in [2.45, 2.75) is 26.3 Å². The first-order valence-electron chi connectivity index (χ1n) is 11.7. The Hall–Kier alpha value is -4.32. The van der Waals surface area contributed by atoms with Crippen molar-refractivity contribution in [2.75, 3.05) is 17.7 Å². The molecule has 4 aromatic rings. The number of ether oxygens (including phenoxy) is 1. The largest absolute Gasteiger partial charge is 0.497 e. The zero-order valence-corrected chi connectivity index (χ0v) is 20.1. The third kappa shape index (κ3) is 4.55. The van der Waals surface area contributed by atoms with E-state index in [2.05, 4.69) is 53.0 Å². The second-order valence-corrected chi connectivity index (χ2v) is 8.65. The minimum Gasteiger partial charge on any atom is -0.497 e. The molecule has 6 heteroatoms. The van der Waals surface area contributed by atoms with Crippen LogP contribution in [0, 0.1) is 6.92 Å². The van der Waals surface area contributed by atoms with Crippen molar-refractivity contribution >= 4 is 23.1 Å². The predicted octanol–water partition coefficient (Wildman–Crippen LogP) is 6.07. The molecular formula is C29H28N4O2. The number of aryl methyl sites for hydroxylation is 2. The second-order valence-electron chi connectivity index (χ2n) is 8.65. The quantitative estimate of drug-likeness (QED) is 0.363. The van der Waals surface area contributed by atoms with Gasteiger partial charge >= 0.3 is 0 Å². The Morgan fingerprint density at radius 3 is 2.57 bits per heavy atom. The Labute approximate surface area is 205 Å². The molecule has 0 bridgehead atoms. The van der Waals surface area contributed by atoms with Crippen LogP contribution in [0.5, 0.6) is 5.75 Å². The van der Waals surface area contributed by atoms with E-state index in [1.54, 1.807) is 13.3 Å². The highest BCUT2D eigenvalue weighted by Crippen LogP contribution is 2.36. The highest BCUT2D eigenvalue weighted by Gasteiger charge is 2.28. The van der Waals surface area contributed by atoms with Gasteiger partial charge in [0, 0.05) is 11.4 Å². The van der Waals surface area contributed by atoms with Crippen molar-refractivity contribution < 1.29 is 9.53 Å². The van der Waals surface area contributed by atoms with Gasteiger partial charge in [0.1, 0.15) is 17.1 Å². The van der Waals surface area contributed by atoms with E-state index in [4.69, 9.17) is 4.74 Å². The first kappa shape index (κ1) is 22.5. The number of hydrogen-bond donors (Lipinski definition) is 2. The van der Waals surface area contributed by atoms with Crippen LogP contribution in [0.4, 0.5) is 11.5 Å². The van der Waals surface area contributed by atoms with Crippen molar-refractivity contribution in [3.05, 3.63) is 113 Å². The van der Waals surface area contributed by atoms with Crippen LogP contribution in [-0.2, 0) is 6.42 Å². The average Bonchev–Trinajstić information content (AvgIpc) is 3.34. The maximum atomic E-state index is 13.3. The van der Waals surface area contributed by atoms with Crippen LogP contribution in [0.15, 0.2) is 85.1 Å². The Kier molecular flexibility index (Phi) is 6.10. The highest BCUT2D eigenvalue weighted by molar-refractivity contribution is 6.08. The third-order valence-electron chi connectivity index (χ3n) is 6.30. The first-order valence-corrected chi connectivity index (χ1v) is 11.7. The van der Waals surface area contributed by atoms with E-state index >= 15 is 0 Å². The van der Waals surface area contributed by atoms with Crippen LogP contribution in [0.25, 0.3) is 5.70 Å². The average molecular weight is 465 g/mol. The predicted molar refractivity (Wildman–Crippen MR) is 140 cm³/mol. The number of anilines is 2. The van der Waals surface area contributed by atoms with E-state index in [1.165, 1.54) is 5.56 Å². The van der Waals surface area contributed by atoms with Crippen LogP contribution >= 0.6 is 0 Å². The first-order chi connectivity index (χ1) is 17.1. The van der Waals surface area contributed by atoms with Gasteiger partial charge in [-0.05, 0) is 60.4 Å². The van der Waals surface area contributed by atoms with Gasteiger partial charge in [0.25, 0.3) is 5.91 Å². The van der Waals surface area contributed by atoms with Gasteiger partial charge in [-0.2, -0.15) is 5.10 Å². The molecule has 2 heterocycles. The normalized spacial score (nSPS) is 14.5. The summed E-state index contributed by atoms with van der Waals surface area (Å²) in [4.78, 5) is 13.3. The van der Waals surface area contributed by atoms with E-state index in [1.807, 2.05) is 60.1 Å². The molecule has 0 spiro atoms. The Morgan fingerprint density at radius 1 is 1.09 bits per heavy atom. The number of allylic oxidation sites excluding steroid dienone is 1. The van der Waals surface area contributed by atoms with Gasteiger partial charge in [-0.1, -0.05) is 61.0 Å². The van der Waals surface area contributed by atoms with Crippen molar-refractivity contribution in [3.63, 3.8) is 0 Å². The molecule has 35 heavy (non-hydrogen) atoms. The summed E-state index contributed by atoms with van der Waals surface area (Å²) in [6, 6.07) is 24.0. The van der Waals surface area contributed by atoms with Crippen LogP contribution in [0.3, 0.4) is 0 Å². The second kappa shape index (κ2) is 9.50. The molecular weight excluding hydrogens is 436 g/mol. The van der Waals surface area contributed by atoms with E-state index in [9.17, 15) is 4.79 Å². The van der Waals surface area contributed by atoms with E-state index in [0.29, 0.717) is 11.4 Å². The SMILES string of the molecule is CCc1ccc(C2=C[C@H](c3cccc(OC)c3)n3ncc(C(=O)Nc4ccc(C)cc4)c3N2)cc1. The third-order valence-corrected chi connectivity index (χ3v) is 6.30. The molecule has 5 rings (SSSR count). The van der Waals surface area contributed by atoms with Crippen LogP contribution in [-0.4, -0.2) is 22.8 Å². The van der Waals surface area contributed by atoms with E-state index in [-0.39, 0.29) is 11.9 Å². The number of rotatable bonds is 6. The number of aromatic nitrogens is 2. The maximum Gasteiger partial charge on any atom is 0.261 e. The molecule has 1 aliphatic rings. The van der Waals surface area contributed by atoms with Crippen molar-refractivity contribution in [1.82, 2.24) is 9.78 Å². The van der Waals surface area contributed by atoms with Crippen molar-refractivity contribution in [2.24, 2.45) is 0 Å². The van der Waals surface area contributed by atoms with Gasteiger partial charge in [-0.15, -0.1) is 0 Å². The monoisotopic (exact) mass is 464 g/mol. The molecule has 1 amide bonds. The molecule has 0 saturated carbocycles. The number of nitrogens with zero attached hydrogens (tertiary/aromatic N) is 2. The fraction of sp³-hybridized carbons (Fsp3) is 0.172. The summed E-state index contributed by atoms with van der Waals surface area (Å²) in [7, 11) is 1.66. The number of nitrogens with one attached hydrogen (secondary N) is 2. The summed E-state index contributed by atoms with van der Waals surface area (Å²) in [5.41, 5.74) is 6.63. The van der Waals surface area contributed by atoms with Gasteiger partial charge in [0.15, 0.2) is 0 Å². The Bertz CT molecular complexity index is 1390. The molecule has 0 saturated heterocycles. The summed E-state index contributed by atoms with van der Waals surface area (Å²) in [5.74, 6) is 1.21. The zero-order valence-electron chi connectivity index (χ0n) is 20.1. The molecule has 6 nitrogen and oxygen atoms in total. The van der Waals surface area contributed by atoms with Gasteiger partial charge < -0.3 is 15.4 Å². The minimum absolute atomic E-state index is 0.205. The smallest absolute Gasteiger partial charge is 0.261 e.